The molecule has 3 nitrogen and oxygen atoms in total. The molecule has 14 heavy (non-hydrogen) atoms. The van der Waals surface area contributed by atoms with Gasteiger partial charge in [0.1, 0.15) is 0 Å². The summed E-state index contributed by atoms with van der Waals surface area (Å²) < 4.78 is 29.1. The predicted octanol–water partition coefficient (Wildman–Crippen LogP) is 0.937. The number of hydrogen-bond acceptors (Lipinski definition) is 2. The van der Waals surface area contributed by atoms with Gasteiger partial charge in [-0.05, 0) is 24.7 Å². The maximum Gasteiger partial charge on any atom is 0.315 e. The lowest BCUT2D eigenvalue weighted by atomic mass is 9.96. The van der Waals surface area contributed by atoms with E-state index in [0.717, 1.165) is 19.3 Å². The lowest BCUT2D eigenvalue weighted by Crippen LogP contribution is -2.35. The Hall–Kier alpha value is -0.710. The smallest absolute Gasteiger partial charge is 0.315 e. The molecule has 0 aromatic rings. The molecule has 5 heteroatoms. The molecule has 2 fully saturated rings. The van der Waals surface area contributed by atoms with E-state index in [0.29, 0.717) is 13.2 Å². The molecule has 1 heterocycles. The monoisotopic (exact) mass is 205 g/mol. The Balaban J connectivity index is 1.83. The first kappa shape index (κ1) is 9.83. The maximum absolute atomic E-state index is 11.9. The first-order chi connectivity index (χ1) is 6.64. The van der Waals surface area contributed by atoms with Gasteiger partial charge in [-0.15, -0.1) is 0 Å². The molecule has 1 atom stereocenters. The van der Waals surface area contributed by atoms with E-state index in [1.165, 1.54) is 0 Å². The molecule has 2 aliphatic rings. The Morgan fingerprint density at radius 1 is 1.43 bits per heavy atom. The van der Waals surface area contributed by atoms with E-state index >= 15 is 0 Å². The average molecular weight is 205 g/mol. The molecule has 1 saturated heterocycles. The molecular formula is C9H13F2NO2. The van der Waals surface area contributed by atoms with Gasteiger partial charge in [-0.2, -0.15) is 8.78 Å². The van der Waals surface area contributed by atoms with Gasteiger partial charge >= 0.3 is 6.43 Å². The van der Waals surface area contributed by atoms with Crippen LogP contribution in [0.1, 0.15) is 19.3 Å². The van der Waals surface area contributed by atoms with Crippen LogP contribution in [0.4, 0.5) is 8.78 Å². The van der Waals surface area contributed by atoms with Crippen LogP contribution in [0.3, 0.4) is 0 Å². The molecule has 1 N–H and O–H groups in total. The summed E-state index contributed by atoms with van der Waals surface area (Å²) in [6, 6.07) is -0.0482. The number of amides is 1. The number of ether oxygens (including phenoxy) is 1. The van der Waals surface area contributed by atoms with E-state index in [2.05, 4.69) is 5.32 Å². The summed E-state index contributed by atoms with van der Waals surface area (Å²) in [5.74, 6) is -1.14. The summed E-state index contributed by atoms with van der Waals surface area (Å²) in [4.78, 5) is 10.7. The van der Waals surface area contributed by atoms with E-state index in [4.69, 9.17) is 4.74 Å². The number of nitrogens with one attached hydrogen (secondary N) is 1. The second kappa shape index (κ2) is 3.46. The van der Waals surface area contributed by atoms with Crippen molar-refractivity contribution in [1.82, 2.24) is 5.32 Å². The minimum atomic E-state index is -2.90. The van der Waals surface area contributed by atoms with Crippen LogP contribution >= 0.6 is 0 Å². The van der Waals surface area contributed by atoms with Crippen LogP contribution in [-0.2, 0) is 9.53 Å². The standard InChI is InChI=1S/C9H13F2NO2/c10-7(11)8(13)12-6-5-9(6)1-3-14-4-2-9/h6-7H,1-5H2,(H,12,13). The highest BCUT2D eigenvalue weighted by Gasteiger charge is 2.55. The molecule has 80 valence electrons. The zero-order valence-corrected chi connectivity index (χ0v) is 7.76. The van der Waals surface area contributed by atoms with Gasteiger partial charge in [0.05, 0.1) is 0 Å². The molecular weight excluding hydrogens is 192 g/mol. The zero-order valence-electron chi connectivity index (χ0n) is 7.76. The van der Waals surface area contributed by atoms with Crippen molar-refractivity contribution in [2.24, 2.45) is 5.41 Å². The number of halogens is 2. The third kappa shape index (κ3) is 1.73. The highest BCUT2D eigenvalue weighted by atomic mass is 19.3. The summed E-state index contributed by atoms with van der Waals surface area (Å²) in [7, 11) is 0. The molecule has 0 aromatic heterocycles. The SMILES string of the molecule is O=C(NC1CC12CCOCC2)C(F)F. The normalized spacial score (nSPS) is 29.2. The van der Waals surface area contributed by atoms with Gasteiger partial charge in [-0.1, -0.05) is 0 Å². The summed E-state index contributed by atoms with van der Waals surface area (Å²) in [5.41, 5.74) is 0.0722. The second-order valence-corrected chi connectivity index (χ2v) is 4.04. The van der Waals surface area contributed by atoms with Gasteiger partial charge in [0, 0.05) is 19.3 Å². The molecule has 1 saturated carbocycles. The second-order valence-electron chi connectivity index (χ2n) is 4.04. The van der Waals surface area contributed by atoms with Crippen LogP contribution in [0.25, 0.3) is 0 Å². The largest absolute Gasteiger partial charge is 0.381 e. The van der Waals surface area contributed by atoms with E-state index in [1.807, 2.05) is 0 Å². The van der Waals surface area contributed by atoms with Crippen LogP contribution < -0.4 is 5.32 Å². The third-order valence-electron chi connectivity index (χ3n) is 3.19. The Kier molecular flexibility index (Phi) is 2.43. The van der Waals surface area contributed by atoms with Gasteiger partial charge < -0.3 is 10.1 Å². The summed E-state index contributed by atoms with van der Waals surface area (Å²) in [5, 5.41) is 2.37. The molecule has 0 aromatic carbocycles. The first-order valence-electron chi connectivity index (χ1n) is 4.80. The third-order valence-corrected chi connectivity index (χ3v) is 3.19. The van der Waals surface area contributed by atoms with E-state index in [1.54, 1.807) is 0 Å². The molecule has 1 amide bonds. The van der Waals surface area contributed by atoms with Crippen LogP contribution in [0.15, 0.2) is 0 Å². The minimum absolute atomic E-state index is 0.0482. The van der Waals surface area contributed by atoms with Crippen molar-refractivity contribution < 1.29 is 18.3 Å². The fraction of sp³-hybridized carbons (Fsp3) is 0.889. The van der Waals surface area contributed by atoms with Crippen LogP contribution in [-0.4, -0.2) is 31.6 Å². The van der Waals surface area contributed by atoms with Gasteiger partial charge in [0.25, 0.3) is 5.91 Å². The molecule has 1 unspecified atom stereocenters. The van der Waals surface area contributed by atoms with Crippen molar-refractivity contribution in [3.8, 4) is 0 Å². The molecule has 1 aliphatic heterocycles. The maximum atomic E-state index is 11.9. The number of carbonyl (C=O) groups is 1. The Labute approximate surface area is 80.8 Å². The van der Waals surface area contributed by atoms with E-state index < -0.39 is 12.3 Å². The number of rotatable bonds is 2. The van der Waals surface area contributed by atoms with E-state index in [9.17, 15) is 13.6 Å². The molecule has 2 rings (SSSR count). The van der Waals surface area contributed by atoms with E-state index in [-0.39, 0.29) is 11.5 Å². The van der Waals surface area contributed by atoms with Crippen molar-refractivity contribution in [2.75, 3.05) is 13.2 Å². The van der Waals surface area contributed by atoms with Gasteiger partial charge in [-0.25, -0.2) is 0 Å². The molecule has 1 spiro atoms. The van der Waals surface area contributed by atoms with Gasteiger partial charge in [-0.3, -0.25) is 4.79 Å². The highest BCUT2D eigenvalue weighted by molar-refractivity contribution is 5.79. The summed E-state index contributed by atoms with van der Waals surface area (Å²) in [6.45, 7) is 1.36. The van der Waals surface area contributed by atoms with Crippen LogP contribution in [0.5, 0.6) is 0 Å². The van der Waals surface area contributed by atoms with Gasteiger partial charge in [0.2, 0.25) is 0 Å². The van der Waals surface area contributed by atoms with Crippen molar-refractivity contribution in [1.29, 1.82) is 0 Å². The van der Waals surface area contributed by atoms with Crippen LogP contribution in [0, 0.1) is 5.41 Å². The quantitative estimate of drug-likeness (QED) is 0.728. The molecule has 1 aliphatic carbocycles. The average Bonchev–Trinajstić information content (AvgIpc) is 2.79. The first-order valence-corrected chi connectivity index (χ1v) is 4.80. The molecule has 0 bridgehead atoms. The number of hydrogen-bond donors (Lipinski definition) is 1. The van der Waals surface area contributed by atoms with Crippen molar-refractivity contribution in [3.05, 3.63) is 0 Å². The topological polar surface area (TPSA) is 38.3 Å². The summed E-state index contributed by atoms with van der Waals surface area (Å²) in [6.07, 6.45) is -0.315. The fourth-order valence-electron chi connectivity index (χ4n) is 2.12. The Morgan fingerprint density at radius 3 is 2.64 bits per heavy atom. The highest BCUT2D eigenvalue weighted by Crippen LogP contribution is 2.53. The van der Waals surface area contributed by atoms with Gasteiger partial charge in [0.15, 0.2) is 0 Å². The molecule has 0 radical (unpaired) electrons. The van der Waals surface area contributed by atoms with Crippen molar-refractivity contribution in [2.45, 2.75) is 31.7 Å². The lowest BCUT2D eigenvalue weighted by molar-refractivity contribution is -0.132. The predicted molar refractivity (Wildman–Crippen MR) is 45.0 cm³/mol. The fourth-order valence-corrected chi connectivity index (χ4v) is 2.12. The Morgan fingerprint density at radius 2 is 2.07 bits per heavy atom. The number of alkyl halides is 2. The summed E-state index contributed by atoms with van der Waals surface area (Å²) >= 11 is 0. The zero-order chi connectivity index (χ0) is 10.2. The van der Waals surface area contributed by atoms with Crippen molar-refractivity contribution >= 4 is 5.91 Å². The van der Waals surface area contributed by atoms with Crippen molar-refractivity contribution in [3.63, 3.8) is 0 Å². The number of carbonyl (C=O) groups excluding carboxylic acids is 1. The van der Waals surface area contributed by atoms with Crippen LogP contribution in [0.2, 0.25) is 0 Å². The lowest BCUT2D eigenvalue weighted by Gasteiger charge is -2.22. The Bertz CT molecular complexity index is 239. The minimum Gasteiger partial charge on any atom is -0.381 e.